The number of benzene rings is 1. The normalized spacial score (nSPS) is 15.2. The van der Waals surface area contributed by atoms with Crippen LogP contribution in [0.15, 0.2) is 18.2 Å². The summed E-state index contributed by atoms with van der Waals surface area (Å²) in [5.74, 6) is -0.437. The molecule has 0 aliphatic carbocycles. The van der Waals surface area contributed by atoms with E-state index in [0.29, 0.717) is 6.54 Å². The number of nitro groups is 1. The summed E-state index contributed by atoms with van der Waals surface area (Å²) in [6.45, 7) is 3.36. The van der Waals surface area contributed by atoms with Crippen LogP contribution in [-0.2, 0) is 0 Å². The van der Waals surface area contributed by atoms with Crippen LogP contribution in [0, 0.1) is 10.1 Å². The predicted octanol–water partition coefficient (Wildman–Crippen LogP) is 2.07. The largest absolute Gasteiger partial charge is 0.351 e. The molecule has 1 aromatic carbocycles. The van der Waals surface area contributed by atoms with Crippen molar-refractivity contribution in [2.24, 2.45) is 0 Å². The second kappa shape index (κ2) is 6.67. The van der Waals surface area contributed by atoms with Crippen molar-refractivity contribution in [1.29, 1.82) is 0 Å². The first-order valence-electron chi connectivity index (χ1n) is 6.52. The standard InChI is InChI=1S/C13H16ClN3O3/c14-10-3-4-11(12(9-10)17(19)20)13(18)15-5-8-16-6-1-2-7-16/h3-4,9H,1-2,5-8H2,(H,15,18). The summed E-state index contributed by atoms with van der Waals surface area (Å²) in [5, 5.41) is 13.9. The Morgan fingerprint density at radius 1 is 1.40 bits per heavy atom. The molecule has 0 spiro atoms. The van der Waals surface area contributed by atoms with Gasteiger partial charge in [-0.2, -0.15) is 0 Å². The first-order valence-corrected chi connectivity index (χ1v) is 6.90. The van der Waals surface area contributed by atoms with Crippen molar-refractivity contribution in [2.45, 2.75) is 12.8 Å². The fraction of sp³-hybridized carbons (Fsp3) is 0.462. The van der Waals surface area contributed by atoms with Crippen molar-refractivity contribution in [1.82, 2.24) is 10.2 Å². The van der Waals surface area contributed by atoms with E-state index in [2.05, 4.69) is 10.2 Å². The lowest BCUT2D eigenvalue weighted by atomic mass is 10.1. The molecule has 0 unspecified atom stereocenters. The zero-order valence-electron chi connectivity index (χ0n) is 11.0. The number of carbonyl (C=O) groups excluding carboxylic acids is 1. The van der Waals surface area contributed by atoms with Crippen LogP contribution in [0.4, 0.5) is 5.69 Å². The smallest absolute Gasteiger partial charge is 0.283 e. The van der Waals surface area contributed by atoms with Crippen molar-refractivity contribution < 1.29 is 9.72 Å². The maximum atomic E-state index is 12.0. The van der Waals surface area contributed by atoms with E-state index in [0.717, 1.165) is 19.6 Å². The zero-order chi connectivity index (χ0) is 14.5. The third-order valence-electron chi connectivity index (χ3n) is 3.31. The summed E-state index contributed by atoms with van der Waals surface area (Å²) in [4.78, 5) is 24.6. The number of nitrogens with one attached hydrogen (secondary N) is 1. The van der Waals surface area contributed by atoms with Crippen LogP contribution in [-0.4, -0.2) is 41.9 Å². The van der Waals surface area contributed by atoms with Gasteiger partial charge in [-0.15, -0.1) is 0 Å². The summed E-state index contributed by atoms with van der Waals surface area (Å²) < 4.78 is 0. The molecule has 1 aliphatic rings. The molecule has 0 aromatic heterocycles. The van der Waals surface area contributed by atoms with E-state index < -0.39 is 10.8 Å². The van der Waals surface area contributed by atoms with E-state index in [-0.39, 0.29) is 16.3 Å². The zero-order valence-corrected chi connectivity index (χ0v) is 11.7. The van der Waals surface area contributed by atoms with E-state index in [1.165, 1.54) is 31.0 Å². The van der Waals surface area contributed by atoms with Crippen LogP contribution in [0.1, 0.15) is 23.2 Å². The molecule has 1 heterocycles. The summed E-state index contributed by atoms with van der Waals surface area (Å²) >= 11 is 5.71. The molecular formula is C13H16ClN3O3. The fourth-order valence-electron chi connectivity index (χ4n) is 2.28. The molecule has 1 aromatic rings. The SMILES string of the molecule is O=C(NCCN1CCCC1)c1ccc(Cl)cc1[N+](=O)[O-]. The molecule has 1 amide bonds. The lowest BCUT2D eigenvalue weighted by molar-refractivity contribution is -0.385. The molecule has 2 rings (SSSR count). The number of likely N-dealkylation sites (tertiary alicyclic amines) is 1. The lowest BCUT2D eigenvalue weighted by Crippen LogP contribution is -2.33. The van der Waals surface area contributed by atoms with E-state index in [9.17, 15) is 14.9 Å². The first-order chi connectivity index (χ1) is 9.58. The summed E-state index contributed by atoms with van der Waals surface area (Å²) in [6.07, 6.45) is 2.38. The van der Waals surface area contributed by atoms with E-state index in [1.54, 1.807) is 0 Å². The number of hydrogen-bond donors (Lipinski definition) is 1. The summed E-state index contributed by atoms with van der Waals surface area (Å²) in [6, 6.07) is 4.05. The third kappa shape index (κ3) is 3.68. The van der Waals surface area contributed by atoms with Crippen LogP contribution in [0.25, 0.3) is 0 Å². The van der Waals surface area contributed by atoms with Gasteiger partial charge in [0, 0.05) is 24.2 Å². The minimum absolute atomic E-state index is 0.0424. The van der Waals surface area contributed by atoms with E-state index in [1.807, 2.05) is 0 Å². The molecule has 1 N–H and O–H groups in total. The van der Waals surface area contributed by atoms with Gasteiger partial charge in [0.25, 0.3) is 11.6 Å². The van der Waals surface area contributed by atoms with Crippen LogP contribution < -0.4 is 5.32 Å². The minimum atomic E-state index is -0.596. The van der Waals surface area contributed by atoms with Gasteiger partial charge in [-0.05, 0) is 38.1 Å². The maximum Gasteiger partial charge on any atom is 0.283 e. The molecule has 1 fully saturated rings. The van der Waals surface area contributed by atoms with Gasteiger partial charge in [0.1, 0.15) is 5.56 Å². The molecule has 0 bridgehead atoms. The molecule has 108 valence electrons. The van der Waals surface area contributed by atoms with Crippen molar-refractivity contribution in [3.05, 3.63) is 38.9 Å². The number of rotatable bonds is 5. The van der Waals surface area contributed by atoms with Gasteiger partial charge in [0.05, 0.1) is 4.92 Å². The van der Waals surface area contributed by atoms with Crippen LogP contribution in [0.3, 0.4) is 0 Å². The summed E-state index contributed by atoms with van der Waals surface area (Å²) in [7, 11) is 0. The van der Waals surface area contributed by atoms with Crippen molar-refractivity contribution >= 4 is 23.2 Å². The molecule has 0 radical (unpaired) electrons. The lowest BCUT2D eigenvalue weighted by Gasteiger charge is -2.14. The average molecular weight is 298 g/mol. The first kappa shape index (κ1) is 14.7. The Balaban J connectivity index is 1.96. The van der Waals surface area contributed by atoms with E-state index in [4.69, 9.17) is 11.6 Å². The van der Waals surface area contributed by atoms with Crippen molar-refractivity contribution in [3.8, 4) is 0 Å². The number of hydrogen-bond acceptors (Lipinski definition) is 4. The second-order valence-corrected chi connectivity index (χ2v) is 5.16. The highest BCUT2D eigenvalue weighted by Crippen LogP contribution is 2.23. The topological polar surface area (TPSA) is 75.5 Å². The summed E-state index contributed by atoms with van der Waals surface area (Å²) in [5.41, 5.74) is -0.225. The molecular weight excluding hydrogens is 282 g/mol. The molecule has 0 atom stereocenters. The quantitative estimate of drug-likeness (QED) is 0.667. The highest BCUT2D eigenvalue weighted by atomic mass is 35.5. The number of nitrogens with zero attached hydrogens (tertiary/aromatic N) is 2. The van der Waals surface area contributed by atoms with Gasteiger partial charge in [-0.1, -0.05) is 11.6 Å². The van der Waals surface area contributed by atoms with Crippen molar-refractivity contribution in [2.75, 3.05) is 26.2 Å². The second-order valence-electron chi connectivity index (χ2n) is 4.72. The van der Waals surface area contributed by atoms with Gasteiger partial charge >= 0.3 is 0 Å². The van der Waals surface area contributed by atoms with Gasteiger partial charge in [-0.25, -0.2) is 0 Å². The highest BCUT2D eigenvalue weighted by Gasteiger charge is 2.20. The highest BCUT2D eigenvalue weighted by molar-refractivity contribution is 6.31. The van der Waals surface area contributed by atoms with Gasteiger partial charge in [-0.3, -0.25) is 14.9 Å². The Morgan fingerprint density at radius 3 is 2.75 bits per heavy atom. The molecule has 20 heavy (non-hydrogen) atoms. The van der Waals surface area contributed by atoms with Gasteiger partial charge < -0.3 is 10.2 Å². The minimum Gasteiger partial charge on any atom is -0.351 e. The van der Waals surface area contributed by atoms with Crippen LogP contribution in [0.2, 0.25) is 5.02 Å². The predicted molar refractivity (Wildman–Crippen MR) is 76.1 cm³/mol. The van der Waals surface area contributed by atoms with E-state index >= 15 is 0 Å². The Kier molecular flexibility index (Phi) is 4.92. The fourth-order valence-corrected chi connectivity index (χ4v) is 2.44. The maximum absolute atomic E-state index is 12.0. The third-order valence-corrected chi connectivity index (χ3v) is 3.55. The Labute approximate surface area is 121 Å². The number of nitro benzene ring substituents is 1. The van der Waals surface area contributed by atoms with Crippen molar-refractivity contribution in [3.63, 3.8) is 0 Å². The molecule has 1 aliphatic heterocycles. The molecule has 7 heteroatoms. The van der Waals surface area contributed by atoms with Gasteiger partial charge in [0.2, 0.25) is 0 Å². The number of amides is 1. The van der Waals surface area contributed by atoms with Crippen LogP contribution in [0.5, 0.6) is 0 Å². The number of carbonyl (C=O) groups is 1. The van der Waals surface area contributed by atoms with Gasteiger partial charge in [0.15, 0.2) is 0 Å². The van der Waals surface area contributed by atoms with Crippen LogP contribution >= 0.6 is 11.6 Å². The number of halogens is 1. The Bertz CT molecular complexity index is 516. The monoisotopic (exact) mass is 297 g/mol. The molecule has 1 saturated heterocycles. The Hall–Kier alpha value is -1.66. The average Bonchev–Trinajstić information content (AvgIpc) is 2.91. The molecule has 6 nitrogen and oxygen atoms in total. The molecule has 0 saturated carbocycles. The Morgan fingerprint density at radius 2 is 2.10 bits per heavy atom.